The Morgan fingerprint density at radius 3 is 2.94 bits per heavy atom. The van der Waals surface area contributed by atoms with Gasteiger partial charge in [-0.05, 0) is 24.6 Å². The number of hydrogen-bond donors (Lipinski definition) is 1. The van der Waals surface area contributed by atoms with Gasteiger partial charge in [0.1, 0.15) is 18.1 Å². The SMILES string of the molecule is C[C@H](O)c1cccc(OCc2cn(C)nn2)c1. The van der Waals surface area contributed by atoms with E-state index in [9.17, 15) is 5.11 Å². The van der Waals surface area contributed by atoms with Gasteiger partial charge < -0.3 is 9.84 Å². The van der Waals surface area contributed by atoms with Crippen molar-refractivity contribution in [3.8, 4) is 5.75 Å². The second kappa shape index (κ2) is 4.97. The Hall–Kier alpha value is -1.88. The second-order valence-corrected chi connectivity index (χ2v) is 3.92. The smallest absolute Gasteiger partial charge is 0.134 e. The van der Waals surface area contributed by atoms with Gasteiger partial charge in [-0.25, -0.2) is 0 Å². The molecule has 5 heteroatoms. The van der Waals surface area contributed by atoms with E-state index in [4.69, 9.17) is 4.74 Å². The minimum atomic E-state index is -0.491. The lowest BCUT2D eigenvalue weighted by atomic mass is 10.1. The summed E-state index contributed by atoms with van der Waals surface area (Å²) < 4.78 is 7.20. The second-order valence-electron chi connectivity index (χ2n) is 3.92. The van der Waals surface area contributed by atoms with Crippen molar-refractivity contribution in [1.82, 2.24) is 15.0 Å². The molecule has 0 radical (unpaired) electrons. The van der Waals surface area contributed by atoms with Crippen LogP contribution in [0.5, 0.6) is 5.75 Å². The topological polar surface area (TPSA) is 60.2 Å². The van der Waals surface area contributed by atoms with E-state index in [1.54, 1.807) is 17.8 Å². The summed E-state index contributed by atoms with van der Waals surface area (Å²) in [7, 11) is 1.81. The Kier molecular flexibility index (Phi) is 3.39. The molecule has 0 fully saturated rings. The molecule has 1 aromatic heterocycles. The van der Waals surface area contributed by atoms with E-state index < -0.39 is 6.10 Å². The fourth-order valence-electron chi connectivity index (χ4n) is 1.48. The van der Waals surface area contributed by atoms with E-state index in [1.165, 1.54) is 0 Å². The maximum atomic E-state index is 9.46. The van der Waals surface area contributed by atoms with Crippen molar-refractivity contribution in [2.24, 2.45) is 7.05 Å². The highest BCUT2D eigenvalue weighted by atomic mass is 16.5. The molecular formula is C12H15N3O2. The summed E-state index contributed by atoms with van der Waals surface area (Å²) in [6, 6.07) is 7.39. The molecule has 1 atom stereocenters. The Balaban J connectivity index is 2.01. The number of rotatable bonds is 4. The van der Waals surface area contributed by atoms with Crippen LogP contribution in [0.1, 0.15) is 24.3 Å². The summed E-state index contributed by atoms with van der Waals surface area (Å²) in [5.41, 5.74) is 1.61. The Morgan fingerprint density at radius 2 is 2.29 bits per heavy atom. The number of aryl methyl sites for hydroxylation is 1. The van der Waals surface area contributed by atoms with Crippen molar-refractivity contribution < 1.29 is 9.84 Å². The molecule has 1 N–H and O–H groups in total. The zero-order valence-electron chi connectivity index (χ0n) is 9.87. The summed E-state index contributed by atoms with van der Waals surface area (Å²) >= 11 is 0. The zero-order chi connectivity index (χ0) is 12.3. The van der Waals surface area contributed by atoms with Crippen LogP contribution in [-0.4, -0.2) is 20.1 Å². The quantitative estimate of drug-likeness (QED) is 0.868. The molecule has 1 aromatic carbocycles. The molecule has 90 valence electrons. The lowest BCUT2D eigenvalue weighted by Crippen LogP contribution is -1.97. The van der Waals surface area contributed by atoms with Crippen molar-refractivity contribution >= 4 is 0 Å². The lowest BCUT2D eigenvalue weighted by Gasteiger charge is -2.08. The first kappa shape index (κ1) is 11.6. The largest absolute Gasteiger partial charge is 0.487 e. The standard InChI is InChI=1S/C12H15N3O2/c1-9(16)10-4-3-5-12(6-10)17-8-11-7-15(2)14-13-11/h3-7,9,16H,8H2,1-2H3/t9-/m0/s1. The molecular weight excluding hydrogens is 218 g/mol. The lowest BCUT2D eigenvalue weighted by molar-refractivity contribution is 0.198. The predicted octanol–water partition coefficient (Wildman–Crippen LogP) is 1.45. The van der Waals surface area contributed by atoms with Crippen LogP contribution in [0.15, 0.2) is 30.5 Å². The number of aromatic nitrogens is 3. The summed E-state index contributed by atoms with van der Waals surface area (Å²) in [6.45, 7) is 2.10. The summed E-state index contributed by atoms with van der Waals surface area (Å²) in [6.07, 6.45) is 1.31. The van der Waals surface area contributed by atoms with Crippen molar-refractivity contribution in [3.63, 3.8) is 0 Å². The Labute approximate surface area is 99.7 Å². The molecule has 0 bridgehead atoms. The molecule has 0 saturated heterocycles. The highest BCUT2D eigenvalue weighted by Gasteiger charge is 2.03. The number of benzene rings is 1. The average Bonchev–Trinajstić information content (AvgIpc) is 2.73. The van der Waals surface area contributed by atoms with E-state index in [-0.39, 0.29) is 0 Å². The number of aliphatic hydroxyl groups is 1. The Morgan fingerprint density at radius 1 is 1.47 bits per heavy atom. The van der Waals surface area contributed by atoms with Gasteiger partial charge in [0.2, 0.25) is 0 Å². The minimum absolute atomic E-state index is 0.372. The highest BCUT2D eigenvalue weighted by Crippen LogP contribution is 2.19. The minimum Gasteiger partial charge on any atom is -0.487 e. The fraction of sp³-hybridized carbons (Fsp3) is 0.333. The fourth-order valence-corrected chi connectivity index (χ4v) is 1.48. The van der Waals surface area contributed by atoms with Crippen LogP contribution < -0.4 is 4.74 Å². The summed E-state index contributed by atoms with van der Waals surface area (Å²) in [5, 5.41) is 17.2. The first-order chi connectivity index (χ1) is 8.15. The van der Waals surface area contributed by atoms with Crippen LogP contribution in [-0.2, 0) is 13.7 Å². The monoisotopic (exact) mass is 233 g/mol. The van der Waals surface area contributed by atoms with Crippen molar-refractivity contribution in [3.05, 3.63) is 41.7 Å². The zero-order valence-corrected chi connectivity index (χ0v) is 9.87. The molecule has 0 amide bonds. The highest BCUT2D eigenvalue weighted by molar-refractivity contribution is 5.29. The van der Waals surface area contributed by atoms with Gasteiger partial charge in [-0.1, -0.05) is 17.3 Å². The van der Waals surface area contributed by atoms with Crippen molar-refractivity contribution in [2.45, 2.75) is 19.6 Å². The van der Waals surface area contributed by atoms with Crippen LogP contribution in [0.2, 0.25) is 0 Å². The maximum Gasteiger partial charge on any atom is 0.134 e. The molecule has 0 aliphatic heterocycles. The van der Waals surface area contributed by atoms with E-state index in [1.807, 2.05) is 31.3 Å². The van der Waals surface area contributed by atoms with Gasteiger partial charge in [-0.3, -0.25) is 4.68 Å². The first-order valence-electron chi connectivity index (χ1n) is 5.41. The van der Waals surface area contributed by atoms with E-state index in [0.29, 0.717) is 12.4 Å². The van der Waals surface area contributed by atoms with Crippen LogP contribution in [0.25, 0.3) is 0 Å². The Bertz CT molecular complexity index is 494. The average molecular weight is 233 g/mol. The van der Waals surface area contributed by atoms with Crippen LogP contribution in [0.4, 0.5) is 0 Å². The maximum absolute atomic E-state index is 9.46. The normalized spacial score (nSPS) is 12.4. The number of ether oxygens (including phenoxy) is 1. The molecule has 0 aliphatic rings. The third kappa shape index (κ3) is 3.04. The molecule has 0 unspecified atom stereocenters. The molecule has 0 spiro atoms. The van der Waals surface area contributed by atoms with Crippen molar-refractivity contribution in [1.29, 1.82) is 0 Å². The van der Waals surface area contributed by atoms with Gasteiger partial charge in [0.15, 0.2) is 0 Å². The number of nitrogens with zero attached hydrogens (tertiary/aromatic N) is 3. The molecule has 2 aromatic rings. The summed E-state index contributed by atoms with van der Waals surface area (Å²) in [5.74, 6) is 0.717. The van der Waals surface area contributed by atoms with Crippen LogP contribution in [0.3, 0.4) is 0 Å². The van der Waals surface area contributed by atoms with Gasteiger partial charge >= 0.3 is 0 Å². The number of aliphatic hydroxyl groups excluding tert-OH is 1. The third-order valence-electron chi connectivity index (χ3n) is 2.38. The number of hydrogen-bond acceptors (Lipinski definition) is 4. The van der Waals surface area contributed by atoms with E-state index in [0.717, 1.165) is 11.3 Å². The molecule has 5 nitrogen and oxygen atoms in total. The van der Waals surface area contributed by atoms with Gasteiger partial charge in [-0.2, -0.15) is 0 Å². The molecule has 2 rings (SSSR count). The third-order valence-corrected chi connectivity index (χ3v) is 2.38. The predicted molar refractivity (Wildman–Crippen MR) is 62.4 cm³/mol. The first-order valence-corrected chi connectivity index (χ1v) is 5.41. The summed E-state index contributed by atoms with van der Waals surface area (Å²) in [4.78, 5) is 0. The molecule has 0 saturated carbocycles. The van der Waals surface area contributed by atoms with Gasteiger partial charge in [0, 0.05) is 7.05 Å². The molecule has 1 heterocycles. The molecule has 0 aliphatic carbocycles. The van der Waals surface area contributed by atoms with Gasteiger partial charge in [0.25, 0.3) is 0 Å². The molecule has 17 heavy (non-hydrogen) atoms. The van der Waals surface area contributed by atoms with E-state index in [2.05, 4.69) is 10.3 Å². The van der Waals surface area contributed by atoms with Crippen molar-refractivity contribution in [2.75, 3.05) is 0 Å². The van der Waals surface area contributed by atoms with E-state index >= 15 is 0 Å². The van der Waals surface area contributed by atoms with Crippen LogP contribution >= 0.6 is 0 Å². The van der Waals surface area contributed by atoms with Gasteiger partial charge in [0.05, 0.1) is 12.3 Å². The van der Waals surface area contributed by atoms with Gasteiger partial charge in [-0.15, -0.1) is 5.10 Å². The van der Waals surface area contributed by atoms with Crippen LogP contribution in [0, 0.1) is 0 Å².